The molecule has 0 saturated heterocycles. The zero-order valence-corrected chi connectivity index (χ0v) is 15.0. The van der Waals surface area contributed by atoms with Gasteiger partial charge >= 0.3 is 18.0 Å². The van der Waals surface area contributed by atoms with Crippen LogP contribution < -0.4 is 25.6 Å². The Morgan fingerprint density at radius 3 is 2.43 bits per heavy atom. The lowest BCUT2D eigenvalue weighted by molar-refractivity contribution is -0.153. The molecule has 1 aromatic carbocycles. The van der Waals surface area contributed by atoms with Crippen LogP contribution in [0.5, 0.6) is 11.5 Å². The van der Waals surface area contributed by atoms with E-state index in [1.807, 2.05) is 5.43 Å². The topological polar surface area (TPSA) is 106 Å². The number of carbonyl (C=O) groups excluding carboxylic acids is 3. The summed E-state index contributed by atoms with van der Waals surface area (Å²) in [5.41, 5.74) is 4.75. The monoisotopic (exact) mass is 403 g/mol. The maximum absolute atomic E-state index is 12.2. The van der Waals surface area contributed by atoms with Crippen LogP contribution in [0.25, 0.3) is 0 Å². The molecule has 1 saturated carbocycles. The summed E-state index contributed by atoms with van der Waals surface area (Å²) in [6, 6.07) is 4.30. The van der Waals surface area contributed by atoms with Crippen molar-refractivity contribution in [1.82, 2.24) is 16.2 Å². The van der Waals surface area contributed by atoms with Crippen molar-refractivity contribution in [3.63, 3.8) is 0 Å². The second kappa shape index (κ2) is 9.29. The summed E-state index contributed by atoms with van der Waals surface area (Å²) in [4.78, 5) is 34.7. The predicted molar refractivity (Wildman–Crippen MR) is 90.3 cm³/mol. The molecule has 1 aliphatic carbocycles. The van der Waals surface area contributed by atoms with Crippen LogP contribution in [0.1, 0.15) is 24.8 Å². The van der Waals surface area contributed by atoms with Gasteiger partial charge in [-0.15, -0.1) is 0 Å². The van der Waals surface area contributed by atoms with E-state index in [2.05, 4.69) is 15.5 Å². The van der Waals surface area contributed by atoms with Gasteiger partial charge in [-0.3, -0.25) is 25.2 Å². The Kier molecular flexibility index (Phi) is 7.07. The third-order valence-corrected chi connectivity index (χ3v) is 3.69. The van der Waals surface area contributed by atoms with Crippen LogP contribution in [-0.2, 0) is 20.8 Å². The minimum atomic E-state index is -4.47. The van der Waals surface area contributed by atoms with E-state index in [1.165, 1.54) is 25.3 Å². The summed E-state index contributed by atoms with van der Waals surface area (Å²) in [5, 5.41) is 2.47. The smallest absolute Gasteiger partial charge is 0.422 e. The Morgan fingerprint density at radius 1 is 1.11 bits per heavy atom. The third kappa shape index (κ3) is 7.33. The molecule has 2 rings (SSSR count). The number of benzene rings is 1. The summed E-state index contributed by atoms with van der Waals surface area (Å²) in [5.74, 6) is -2.28. The van der Waals surface area contributed by atoms with Crippen molar-refractivity contribution in [3.8, 4) is 11.5 Å². The number of halogens is 3. The minimum absolute atomic E-state index is 0.0204. The minimum Gasteiger partial charge on any atom is -0.493 e. The molecule has 0 unspecified atom stereocenters. The van der Waals surface area contributed by atoms with Gasteiger partial charge < -0.3 is 14.8 Å². The largest absolute Gasteiger partial charge is 0.493 e. The van der Waals surface area contributed by atoms with Gasteiger partial charge in [-0.05, 0) is 37.0 Å². The molecule has 0 aromatic heterocycles. The van der Waals surface area contributed by atoms with Gasteiger partial charge in [-0.2, -0.15) is 13.2 Å². The molecular weight excluding hydrogens is 383 g/mol. The van der Waals surface area contributed by atoms with E-state index < -0.39 is 30.5 Å². The molecule has 3 amide bonds. The van der Waals surface area contributed by atoms with Crippen LogP contribution in [0.4, 0.5) is 13.2 Å². The zero-order chi connectivity index (χ0) is 20.7. The Balaban J connectivity index is 1.78. The molecule has 3 N–H and O–H groups in total. The summed E-state index contributed by atoms with van der Waals surface area (Å²) >= 11 is 0. The molecule has 0 heterocycles. The zero-order valence-electron chi connectivity index (χ0n) is 15.0. The van der Waals surface area contributed by atoms with Crippen molar-refractivity contribution in [3.05, 3.63) is 23.8 Å². The number of aryl methyl sites for hydroxylation is 1. The second-order valence-electron chi connectivity index (χ2n) is 6.14. The molecule has 28 heavy (non-hydrogen) atoms. The van der Waals surface area contributed by atoms with Gasteiger partial charge in [0.05, 0.1) is 7.11 Å². The van der Waals surface area contributed by atoms with Crippen molar-refractivity contribution in [2.24, 2.45) is 0 Å². The van der Waals surface area contributed by atoms with Gasteiger partial charge in [0.1, 0.15) is 0 Å². The molecule has 0 bridgehead atoms. The SMILES string of the molecule is COc1cc(CCC(=O)NNC(=O)C(=O)NC2CC2)ccc1OCC(F)(F)F. The van der Waals surface area contributed by atoms with E-state index in [1.54, 1.807) is 0 Å². The highest BCUT2D eigenvalue weighted by Crippen LogP contribution is 2.30. The lowest BCUT2D eigenvalue weighted by atomic mass is 10.1. The number of hydrogen-bond acceptors (Lipinski definition) is 5. The number of amides is 3. The van der Waals surface area contributed by atoms with Crippen LogP contribution in [0.2, 0.25) is 0 Å². The normalized spacial score (nSPS) is 13.4. The van der Waals surface area contributed by atoms with Gasteiger partial charge in [-0.1, -0.05) is 6.07 Å². The standard InChI is InChI=1S/C17H20F3N3O5/c1-27-13-8-10(2-6-12(13)28-9-17(18,19)20)3-7-14(24)22-23-16(26)15(25)21-11-4-5-11/h2,6,8,11H,3-5,7,9H2,1H3,(H,21,25)(H,22,24)(H,23,26). The number of ether oxygens (including phenoxy) is 2. The summed E-state index contributed by atoms with van der Waals surface area (Å²) < 4.78 is 46.4. The van der Waals surface area contributed by atoms with Crippen molar-refractivity contribution in [2.45, 2.75) is 37.9 Å². The molecule has 0 radical (unpaired) electrons. The maximum atomic E-state index is 12.2. The lowest BCUT2D eigenvalue weighted by Crippen LogP contribution is -2.49. The molecule has 0 atom stereocenters. The fourth-order valence-electron chi connectivity index (χ4n) is 2.13. The van der Waals surface area contributed by atoms with E-state index in [0.29, 0.717) is 5.56 Å². The van der Waals surface area contributed by atoms with Gasteiger partial charge in [-0.25, -0.2) is 0 Å². The molecule has 1 aromatic rings. The lowest BCUT2D eigenvalue weighted by Gasteiger charge is -2.13. The Morgan fingerprint density at radius 2 is 1.82 bits per heavy atom. The van der Waals surface area contributed by atoms with Gasteiger partial charge in [0, 0.05) is 12.5 Å². The highest BCUT2D eigenvalue weighted by Gasteiger charge is 2.29. The summed E-state index contributed by atoms with van der Waals surface area (Å²) in [6.07, 6.45) is -2.62. The third-order valence-electron chi connectivity index (χ3n) is 3.69. The first-order valence-corrected chi connectivity index (χ1v) is 8.44. The number of hydrazine groups is 1. The van der Waals surface area contributed by atoms with Crippen LogP contribution >= 0.6 is 0 Å². The van der Waals surface area contributed by atoms with Crippen molar-refractivity contribution < 1.29 is 37.0 Å². The first-order valence-electron chi connectivity index (χ1n) is 8.44. The maximum Gasteiger partial charge on any atom is 0.422 e. The molecular formula is C17H20F3N3O5. The number of nitrogens with one attached hydrogen (secondary N) is 3. The summed E-state index contributed by atoms with van der Waals surface area (Å²) in [7, 11) is 1.29. The van der Waals surface area contributed by atoms with Crippen LogP contribution in [0.3, 0.4) is 0 Å². The van der Waals surface area contributed by atoms with Crippen molar-refractivity contribution in [2.75, 3.05) is 13.7 Å². The molecule has 11 heteroatoms. The van der Waals surface area contributed by atoms with Crippen LogP contribution in [0, 0.1) is 0 Å². The average molecular weight is 403 g/mol. The summed E-state index contributed by atoms with van der Waals surface area (Å²) in [6.45, 7) is -1.45. The first kappa shape index (κ1) is 21.3. The highest BCUT2D eigenvalue weighted by molar-refractivity contribution is 6.35. The number of rotatable bonds is 7. The van der Waals surface area contributed by atoms with E-state index in [0.717, 1.165) is 12.8 Å². The van der Waals surface area contributed by atoms with E-state index in [-0.39, 0.29) is 30.4 Å². The van der Waals surface area contributed by atoms with E-state index >= 15 is 0 Å². The van der Waals surface area contributed by atoms with E-state index in [9.17, 15) is 27.6 Å². The van der Waals surface area contributed by atoms with E-state index in [4.69, 9.17) is 4.74 Å². The highest BCUT2D eigenvalue weighted by atomic mass is 19.4. The molecule has 1 fully saturated rings. The van der Waals surface area contributed by atoms with Crippen molar-refractivity contribution in [1.29, 1.82) is 0 Å². The Labute approximate surface area is 158 Å². The predicted octanol–water partition coefficient (Wildman–Crippen LogP) is 0.995. The molecule has 8 nitrogen and oxygen atoms in total. The van der Waals surface area contributed by atoms with Crippen molar-refractivity contribution >= 4 is 17.7 Å². The first-order chi connectivity index (χ1) is 13.2. The Hall–Kier alpha value is -2.98. The quantitative estimate of drug-likeness (QED) is 0.465. The number of carbonyl (C=O) groups is 3. The van der Waals surface area contributed by atoms with Crippen LogP contribution in [-0.4, -0.2) is 43.7 Å². The molecule has 0 spiro atoms. The molecule has 154 valence electrons. The van der Waals surface area contributed by atoms with Gasteiger partial charge in [0.25, 0.3) is 0 Å². The average Bonchev–Trinajstić information content (AvgIpc) is 3.46. The fraction of sp³-hybridized carbons (Fsp3) is 0.471. The molecule has 0 aliphatic heterocycles. The number of methoxy groups -OCH3 is 1. The molecule has 1 aliphatic rings. The second-order valence-corrected chi connectivity index (χ2v) is 6.14. The fourth-order valence-corrected chi connectivity index (χ4v) is 2.13. The van der Waals surface area contributed by atoms with Crippen LogP contribution in [0.15, 0.2) is 18.2 Å². The number of alkyl halides is 3. The Bertz CT molecular complexity index is 735. The van der Waals surface area contributed by atoms with Gasteiger partial charge in [0.15, 0.2) is 18.1 Å². The number of hydrogen-bond donors (Lipinski definition) is 3. The van der Waals surface area contributed by atoms with Gasteiger partial charge in [0.2, 0.25) is 5.91 Å².